The molecule has 1 amide bonds. The summed E-state index contributed by atoms with van der Waals surface area (Å²) in [6.45, 7) is 8.09. The molecule has 2 heterocycles. The Kier molecular flexibility index (Phi) is 5.53. The summed E-state index contributed by atoms with van der Waals surface area (Å²) < 4.78 is 0. The fourth-order valence-corrected chi connectivity index (χ4v) is 3.70. The average molecular weight is 331 g/mol. The summed E-state index contributed by atoms with van der Waals surface area (Å²) in [6, 6.07) is 1.97. The molecule has 2 aliphatic rings. The molecule has 1 aliphatic carbocycles. The molecule has 1 aliphatic heterocycles. The van der Waals surface area contributed by atoms with Crippen LogP contribution < -0.4 is 10.2 Å². The summed E-state index contributed by atoms with van der Waals surface area (Å²) in [5.41, 5.74) is 0.969. The molecule has 0 bridgehead atoms. The van der Waals surface area contributed by atoms with Gasteiger partial charge in [0.2, 0.25) is 11.9 Å². The Morgan fingerprint density at radius 2 is 1.88 bits per heavy atom. The minimum atomic E-state index is 0.265. The summed E-state index contributed by atoms with van der Waals surface area (Å²) in [5, 5.41) is 3.26. The van der Waals surface area contributed by atoms with Crippen molar-refractivity contribution < 1.29 is 4.79 Å². The molecule has 1 saturated carbocycles. The largest absolute Gasteiger partial charge is 0.370 e. The van der Waals surface area contributed by atoms with Gasteiger partial charge in [0.1, 0.15) is 5.82 Å². The van der Waals surface area contributed by atoms with Crippen molar-refractivity contribution in [3.63, 3.8) is 0 Å². The van der Waals surface area contributed by atoms with E-state index in [1.165, 1.54) is 19.3 Å². The van der Waals surface area contributed by atoms with Gasteiger partial charge >= 0.3 is 0 Å². The maximum absolute atomic E-state index is 12.7. The zero-order valence-corrected chi connectivity index (χ0v) is 14.9. The van der Waals surface area contributed by atoms with Gasteiger partial charge in [-0.25, -0.2) is 4.98 Å². The first-order chi connectivity index (χ1) is 11.7. The van der Waals surface area contributed by atoms with E-state index < -0.39 is 0 Å². The summed E-state index contributed by atoms with van der Waals surface area (Å²) >= 11 is 0. The number of amides is 1. The highest BCUT2D eigenvalue weighted by atomic mass is 16.2. The van der Waals surface area contributed by atoms with Crippen LogP contribution in [0, 0.1) is 12.8 Å². The van der Waals surface area contributed by atoms with E-state index in [0.717, 1.165) is 63.0 Å². The molecule has 6 nitrogen and oxygen atoms in total. The molecule has 24 heavy (non-hydrogen) atoms. The van der Waals surface area contributed by atoms with Crippen LogP contribution in [-0.2, 0) is 4.79 Å². The van der Waals surface area contributed by atoms with E-state index >= 15 is 0 Å². The van der Waals surface area contributed by atoms with E-state index in [1.807, 2.05) is 17.9 Å². The molecule has 0 aromatic carbocycles. The SMILES string of the molecule is CCNc1cc(C)nc(N2CCN(C(=O)C3CCCCC3)CC2)n1. The van der Waals surface area contributed by atoms with Gasteiger partial charge in [0, 0.05) is 50.4 Å². The second-order valence-electron chi connectivity index (χ2n) is 6.87. The van der Waals surface area contributed by atoms with Crippen LogP contribution in [0.1, 0.15) is 44.7 Å². The topological polar surface area (TPSA) is 61.4 Å². The molecule has 0 atom stereocenters. The van der Waals surface area contributed by atoms with E-state index in [-0.39, 0.29) is 5.92 Å². The number of nitrogens with one attached hydrogen (secondary N) is 1. The van der Waals surface area contributed by atoms with Crippen LogP contribution in [0.3, 0.4) is 0 Å². The van der Waals surface area contributed by atoms with E-state index in [9.17, 15) is 4.79 Å². The molecule has 1 saturated heterocycles. The number of hydrogen-bond donors (Lipinski definition) is 1. The third-order valence-electron chi connectivity index (χ3n) is 5.03. The Hall–Kier alpha value is -1.85. The lowest BCUT2D eigenvalue weighted by molar-refractivity contribution is -0.136. The van der Waals surface area contributed by atoms with Gasteiger partial charge in [0.15, 0.2) is 0 Å². The van der Waals surface area contributed by atoms with E-state index in [1.54, 1.807) is 0 Å². The van der Waals surface area contributed by atoms with E-state index in [2.05, 4.69) is 27.1 Å². The third kappa shape index (κ3) is 3.97. The number of nitrogens with zero attached hydrogens (tertiary/aromatic N) is 4. The normalized spacial score (nSPS) is 19.4. The number of anilines is 2. The fourth-order valence-electron chi connectivity index (χ4n) is 3.70. The summed E-state index contributed by atoms with van der Waals surface area (Å²) in [6.07, 6.45) is 5.86. The first-order valence-electron chi connectivity index (χ1n) is 9.30. The number of aryl methyl sites for hydroxylation is 1. The van der Waals surface area contributed by atoms with E-state index in [4.69, 9.17) is 0 Å². The van der Waals surface area contributed by atoms with Crippen LogP contribution in [-0.4, -0.2) is 53.5 Å². The molecule has 132 valence electrons. The molecule has 1 aromatic rings. The molecule has 3 rings (SSSR count). The van der Waals surface area contributed by atoms with Crippen LogP contribution in [0.25, 0.3) is 0 Å². The Balaban J connectivity index is 1.59. The maximum atomic E-state index is 12.7. The highest BCUT2D eigenvalue weighted by molar-refractivity contribution is 5.79. The zero-order chi connectivity index (χ0) is 16.9. The highest BCUT2D eigenvalue weighted by Gasteiger charge is 2.29. The monoisotopic (exact) mass is 331 g/mol. The standard InChI is InChI=1S/C18H29N5O/c1-3-19-16-13-14(2)20-18(21-16)23-11-9-22(10-12-23)17(24)15-7-5-4-6-8-15/h13,15H,3-12H2,1-2H3,(H,19,20,21). The minimum absolute atomic E-state index is 0.265. The van der Waals surface area contributed by atoms with Crippen molar-refractivity contribution in [1.82, 2.24) is 14.9 Å². The van der Waals surface area contributed by atoms with Crippen LogP contribution in [0.15, 0.2) is 6.07 Å². The Morgan fingerprint density at radius 3 is 2.54 bits per heavy atom. The van der Waals surface area contributed by atoms with Crippen molar-refractivity contribution in [2.45, 2.75) is 46.0 Å². The molecular formula is C18H29N5O. The molecule has 1 N–H and O–H groups in total. The first kappa shape index (κ1) is 17.0. The maximum Gasteiger partial charge on any atom is 0.227 e. The van der Waals surface area contributed by atoms with Crippen LogP contribution in [0.2, 0.25) is 0 Å². The second kappa shape index (κ2) is 7.81. The number of piperazine rings is 1. The number of aromatic nitrogens is 2. The summed E-state index contributed by atoms with van der Waals surface area (Å²) in [4.78, 5) is 26.1. The zero-order valence-electron chi connectivity index (χ0n) is 14.9. The third-order valence-corrected chi connectivity index (χ3v) is 5.03. The molecule has 0 spiro atoms. The first-order valence-corrected chi connectivity index (χ1v) is 9.30. The van der Waals surface area contributed by atoms with Crippen molar-refractivity contribution in [2.75, 3.05) is 42.9 Å². The van der Waals surface area contributed by atoms with Crippen LogP contribution >= 0.6 is 0 Å². The van der Waals surface area contributed by atoms with Crippen molar-refractivity contribution in [3.05, 3.63) is 11.8 Å². The number of carbonyl (C=O) groups is 1. The second-order valence-corrected chi connectivity index (χ2v) is 6.87. The number of hydrogen-bond acceptors (Lipinski definition) is 5. The Labute approximate surface area is 144 Å². The molecule has 1 aromatic heterocycles. The summed E-state index contributed by atoms with van der Waals surface area (Å²) in [5.74, 6) is 2.28. The summed E-state index contributed by atoms with van der Waals surface area (Å²) in [7, 11) is 0. The number of rotatable bonds is 4. The molecule has 0 unspecified atom stereocenters. The van der Waals surface area contributed by atoms with Gasteiger partial charge in [-0.3, -0.25) is 4.79 Å². The predicted molar refractivity (Wildman–Crippen MR) is 96.3 cm³/mol. The molecule has 6 heteroatoms. The molecule has 0 radical (unpaired) electrons. The van der Waals surface area contributed by atoms with Crippen LogP contribution in [0.4, 0.5) is 11.8 Å². The highest BCUT2D eigenvalue weighted by Crippen LogP contribution is 2.26. The smallest absolute Gasteiger partial charge is 0.227 e. The molecule has 2 fully saturated rings. The number of carbonyl (C=O) groups excluding carboxylic acids is 1. The average Bonchev–Trinajstić information content (AvgIpc) is 2.62. The quantitative estimate of drug-likeness (QED) is 0.918. The fraction of sp³-hybridized carbons (Fsp3) is 0.722. The van der Waals surface area contributed by atoms with E-state index in [0.29, 0.717) is 5.91 Å². The minimum Gasteiger partial charge on any atom is -0.370 e. The van der Waals surface area contributed by atoms with Crippen molar-refractivity contribution in [3.8, 4) is 0 Å². The lowest BCUT2D eigenvalue weighted by Gasteiger charge is -2.37. The van der Waals surface area contributed by atoms with Crippen molar-refractivity contribution >= 4 is 17.7 Å². The van der Waals surface area contributed by atoms with Gasteiger partial charge in [0.05, 0.1) is 0 Å². The van der Waals surface area contributed by atoms with Crippen molar-refractivity contribution in [1.29, 1.82) is 0 Å². The van der Waals surface area contributed by atoms with Gasteiger partial charge in [-0.15, -0.1) is 0 Å². The predicted octanol–water partition coefficient (Wildman–Crippen LogP) is 2.45. The van der Waals surface area contributed by atoms with Crippen LogP contribution in [0.5, 0.6) is 0 Å². The van der Waals surface area contributed by atoms with Gasteiger partial charge in [-0.2, -0.15) is 4.98 Å². The van der Waals surface area contributed by atoms with Gasteiger partial charge in [0.25, 0.3) is 0 Å². The molecular weight excluding hydrogens is 302 g/mol. The van der Waals surface area contributed by atoms with Gasteiger partial charge in [-0.1, -0.05) is 19.3 Å². The Morgan fingerprint density at radius 1 is 1.17 bits per heavy atom. The lowest BCUT2D eigenvalue weighted by atomic mass is 9.88. The van der Waals surface area contributed by atoms with Gasteiger partial charge in [-0.05, 0) is 26.7 Å². The van der Waals surface area contributed by atoms with Gasteiger partial charge < -0.3 is 15.1 Å². The van der Waals surface area contributed by atoms with Crippen molar-refractivity contribution in [2.24, 2.45) is 5.92 Å². The Bertz CT molecular complexity index is 563. The lowest BCUT2D eigenvalue weighted by Crippen LogP contribution is -2.51.